The maximum absolute atomic E-state index is 10.6. The van der Waals surface area contributed by atoms with E-state index in [2.05, 4.69) is 9.92 Å². The van der Waals surface area contributed by atoms with E-state index in [4.69, 9.17) is 10.8 Å². The maximum atomic E-state index is 10.6. The molecule has 4 nitrogen and oxygen atoms in total. The number of aromatic nitrogens is 1. The minimum atomic E-state index is -0.946. The van der Waals surface area contributed by atoms with Crippen molar-refractivity contribution >= 4 is 30.2 Å². The number of rotatable bonds is 3. The Morgan fingerprint density at radius 2 is 2.50 bits per heavy atom. The van der Waals surface area contributed by atoms with E-state index in [1.165, 1.54) is 4.26 Å². The number of aromatic amines is 1. The number of hydrogen-bond acceptors (Lipinski definition) is 2. The SMILES string of the molecule is N[C@@H](Cc1c[nH]c2cc[se]c12)C(=O)O. The molecule has 0 bridgehead atoms. The molecule has 2 aromatic rings. The van der Waals surface area contributed by atoms with Gasteiger partial charge in [-0.1, -0.05) is 0 Å². The zero-order valence-corrected chi connectivity index (χ0v) is 9.07. The fourth-order valence-corrected chi connectivity index (χ4v) is 3.24. The second kappa shape index (κ2) is 3.61. The van der Waals surface area contributed by atoms with Crippen molar-refractivity contribution in [3.63, 3.8) is 0 Å². The Bertz CT molecular complexity index is 460. The topological polar surface area (TPSA) is 79.1 Å². The van der Waals surface area contributed by atoms with Gasteiger partial charge < -0.3 is 0 Å². The molecule has 0 aromatic carbocycles. The Balaban J connectivity index is 2.27. The van der Waals surface area contributed by atoms with Gasteiger partial charge in [0.05, 0.1) is 0 Å². The second-order valence-electron chi connectivity index (χ2n) is 3.13. The van der Waals surface area contributed by atoms with Gasteiger partial charge in [0.2, 0.25) is 0 Å². The molecular weight excluding hydrogens is 247 g/mol. The molecule has 0 saturated heterocycles. The van der Waals surface area contributed by atoms with E-state index in [1.54, 1.807) is 0 Å². The zero-order chi connectivity index (χ0) is 10.1. The van der Waals surface area contributed by atoms with Crippen LogP contribution in [0.15, 0.2) is 17.2 Å². The molecule has 0 aliphatic carbocycles. The average molecular weight is 257 g/mol. The summed E-state index contributed by atoms with van der Waals surface area (Å²) in [6, 6.07) is 1.23. The molecule has 4 N–H and O–H groups in total. The van der Waals surface area contributed by atoms with Crippen molar-refractivity contribution in [3.8, 4) is 0 Å². The van der Waals surface area contributed by atoms with Crippen LogP contribution in [0.3, 0.4) is 0 Å². The van der Waals surface area contributed by atoms with Crippen LogP contribution in [-0.4, -0.2) is 36.6 Å². The number of nitrogens with two attached hydrogens (primary N) is 1. The van der Waals surface area contributed by atoms with Crippen molar-refractivity contribution in [2.24, 2.45) is 5.73 Å². The Hall–Kier alpha value is -1.03. The van der Waals surface area contributed by atoms with Crippen LogP contribution in [0.2, 0.25) is 0 Å². The summed E-state index contributed by atoms with van der Waals surface area (Å²) < 4.78 is 1.24. The number of H-pyrrole nitrogens is 1. The van der Waals surface area contributed by atoms with E-state index >= 15 is 0 Å². The summed E-state index contributed by atoms with van der Waals surface area (Å²) in [5.74, 6) is -0.946. The first kappa shape index (κ1) is 9.52. The number of nitrogens with one attached hydrogen (secondary N) is 1. The molecule has 74 valence electrons. The fraction of sp³-hybridized carbons (Fsp3) is 0.222. The molecule has 0 spiro atoms. The van der Waals surface area contributed by atoms with Crippen LogP contribution in [-0.2, 0) is 11.2 Å². The van der Waals surface area contributed by atoms with Gasteiger partial charge in [-0.3, -0.25) is 0 Å². The van der Waals surface area contributed by atoms with Crippen molar-refractivity contribution < 1.29 is 9.90 Å². The first-order valence-electron chi connectivity index (χ1n) is 4.20. The average Bonchev–Trinajstić information content (AvgIpc) is 2.69. The third kappa shape index (κ3) is 1.62. The van der Waals surface area contributed by atoms with E-state index in [9.17, 15) is 4.79 Å². The number of carbonyl (C=O) groups is 1. The predicted molar refractivity (Wildman–Crippen MR) is 54.6 cm³/mol. The van der Waals surface area contributed by atoms with Crippen LogP contribution >= 0.6 is 0 Å². The van der Waals surface area contributed by atoms with Gasteiger partial charge in [0.25, 0.3) is 0 Å². The van der Waals surface area contributed by atoms with Crippen LogP contribution in [0, 0.1) is 0 Å². The van der Waals surface area contributed by atoms with Crippen molar-refractivity contribution in [2.75, 3.05) is 0 Å². The van der Waals surface area contributed by atoms with Crippen LogP contribution in [0.4, 0.5) is 0 Å². The van der Waals surface area contributed by atoms with E-state index in [0.717, 1.165) is 11.1 Å². The van der Waals surface area contributed by atoms with Crippen LogP contribution in [0.5, 0.6) is 0 Å². The summed E-state index contributed by atoms with van der Waals surface area (Å²) in [7, 11) is 0. The van der Waals surface area contributed by atoms with Gasteiger partial charge >= 0.3 is 86.1 Å². The standard InChI is InChI=1S/C9H10N2O2Se/c10-6(9(12)13)3-5-4-11-7-1-2-14-8(5)7/h1-2,4,6,11H,3,10H2,(H,12,13)/t6-/m0/s1. The molecule has 14 heavy (non-hydrogen) atoms. The number of aliphatic carboxylic acids is 1. The molecule has 0 saturated carbocycles. The normalized spacial score (nSPS) is 13.2. The molecule has 2 aromatic heterocycles. The minimum absolute atomic E-state index is 0.336. The summed E-state index contributed by atoms with van der Waals surface area (Å²) in [5, 5.41) is 8.68. The Morgan fingerprint density at radius 3 is 3.21 bits per heavy atom. The van der Waals surface area contributed by atoms with E-state index < -0.39 is 12.0 Å². The molecular formula is C9H10N2O2Se. The summed E-state index contributed by atoms with van der Waals surface area (Å²) in [4.78, 5) is 15.8. The molecule has 0 amide bonds. The van der Waals surface area contributed by atoms with E-state index in [-0.39, 0.29) is 0 Å². The van der Waals surface area contributed by atoms with E-state index in [1.807, 2.05) is 12.3 Å². The molecule has 5 heteroatoms. The van der Waals surface area contributed by atoms with Crippen LogP contribution in [0.25, 0.3) is 9.78 Å². The van der Waals surface area contributed by atoms with Gasteiger partial charge in [0.1, 0.15) is 0 Å². The van der Waals surface area contributed by atoms with Gasteiger partial charge in [0, 0.05) is 0 Å². The number of hydrogen-bond donors (Lipinski definition) is 3. The molecule has 2 heterocycles. The first-order valence-corrected chi connectivity index (χ1v) is 6.05. The summed E-state index contributed by atoms with van der Waals surface area (Å²) in [6.45, 7) is 0. The van der Waals surface area contributed by atoms with Gasteiger partial charge in [-0.05, 0) is 0 Å². The van der Waals surface area contributed by atoms with Crippen molar-refractivity contribution in [3.05, 3.63) is 22.8 Å². The molecule has 0 aliphatic rings. The molecule has 0 radical (unpaired) electrons. The van der Waals surface area contributed by atoms with E-state index in [0.29, 0.717) is 20.9 Å². The molecule has 0 fully saturated rings. The van der Waals surface area contributed by atoms with Crippen LogP contribution < -0.4 is 5.73 Å². The number of carboxylic acids is 1. The quantitative estimate of drug-likeness (QED) is 0.686. The number of fused-ring (bicyclic) bond motifs is 1. The Kier molecular flexibility index (Phi) is 2.46. The molecule has 0 unspecified atom stereocenters. The van der Waals surface area contributed by atoms with Gasteiger partial charge in [-0.25, -0.2) is 0 Å². The number of carboxylic acid groups (broad SMARTS) is 1. The third-order valence-electron chi connectivity index (χ3n) is 2.12. The van der Waals surface area contributed by atoms with Crippen molar-refractivity contribution in [1.29, 1.82) is 0 Å². The third-order valence-corrected chi connectivity index (χ3v) is 4.19. The first-order chi connectivity index (χ1) is 6.68. The molecule has 1 atom stereocenters. The molecule has 2 rings (SSSR count). The van der Waals surface area contributed by atoms with Gasteiger partial charge in [-0.15, -0.1) is 0 Å². The predicted octanol–water partition coefficient (Wildman–Crippen LogP) is 0.179. The second-order valence-corrected chi connectivity index (χ2v) is 5.05. The zero-order valence-electron chi connectivity index (χ0n) is 7.36. The van der Waals surface area contributed by atoms with Crippen molar-refractivity contribution in [1.82, 2.24) is 4.98 Å². The monoisotopic (exact) mass is 258 g/mol. The summed E-state index contributed by atoms with van der Waals surface area (Å²) >= 11 is 0.336. The summed E-state index contributed by atoms with van der Waals surface area (Å²) in [6.07, 6.45) is 2.27. The van der Waals surface area contributed by atoms with Crippen LogP contribution in [0.1, 0.15) is 5.56 Å². The Morgan fingerprint density at radius 1 is 1.71 bits per heavy atom. The van der Waals surface area contributed by atoms with Gasteiger partial charge in [-0.2, -0.15) is 0 Å². The summed E-state index contributed by atoms with van der Waals surface area (Å²) in [5.41, 5.74) is 7.63. The van der Waals surface area contributed by atoms with Gasteiger partial charge in [0.15, 0.2) is 0 Å². The van der Waals surface area contributed by atoms with Crippen molar-refractivity contribution in [2.45, 2.75) is 12.5 Å². The Labute approximate surface area is 86.5 Å². The fourth-order valence-electron chi connectivity index (χ4n) is 1.38. The molecule has 0 aliphatic heterocycles.